The van der Waals surface area contributed by atoms with E-state index in [1.807, 2.05) is 0 Å². The summed E-state index contributed by atoms with van der Waals surface area (Å²) in [6.45, 7) is 3.76. The van der Waals surface area contributed by atoms with Crippen LogP contribution in [0.1, 0.15) is 19.8 Å². The highest BCUT2D eigenvalue weighted by molar-refractivity contribution is 7.81. The van der Waals surface area contributed by atoms with Crippen molar-refractivity contribution in [2.75, 3.05) is 20.1 Å². The van der Waals surface area contributed by atoms with E-state index in [4.69, 9.17) is 4.74 Å². The lowest BCUT2D eigenvalue weighted by atomic mass is 10.1. The molecule has 0 spiro atoms. The van der Waals surface area contributed by atoms with E-state index in [0.717, 1.165) is 25.9 Å². The molecule has 0 aliphatic carbocycles. The van der Waals surface area contributed by atoms with E-state index in [1.165, 1.54) is 0 Å². The van der Waals surface area contributed by atoms with Crippen LogP contribution in [0.15, 0.2) is 0 Å². The van der Waals surface area contributed by atoms with E-state index in [0.29, 0.717) is 0 Å². The molecule has 1 atom stereocenters. The topological polar surface area (TPSA) is 29.5 Å². The van der Waals surface area contributed by atoms with Crippen LogP contribution in [0.4, 0.5) is 0 Å². The number of esters is 1. The highest BCUT2D eigenvalue weighted by Gasteiger charge is 2.21. The smallest absolute Gasteiger partial charge is 0.318 e. The van der Waals surface area contributed by atoms with Gasteiger partial charge in [0.15, 0.2) is 0 Å². The molecule has 1 heterocycles. The first-order chi connectivity index (χ1) is 6.09. The molecule has 1 fully saturated rings. The quantitative estimate of drug-likeness (QED) is 0.535. The van der Waals surface area contributed by atoms with Gasteiger partial charge in [0.05, 0.1) is 5.25 Å². The van der Waals surface area contributed by atoms with Gasteiger partial charge in [-0.25, -0.2) is 0 Å². The third kappa shape index (κ3) is 3.56. The first kappa shape index (κ1) is 10.9. The average Bonchev–Trinajstić information content (AvgIpc) is 2.08. The molecule has 0 aromatic rings. The minimum atomic E-state index is -0.306. The molecule has 0 amide bonds. The zero-order chi connectivity index (χ0) is 9.84. The molecule has 13 heavy (non-hydrogen) atoms. The predicted octanol–water partition coefficient (Wildman–Crippen LogP) is 0.942. The van der Waals surface area contributed by atoms with Crippen LogP contribution in [0.25, 0.3) is 0 Å². The van der Waals surface area contributed by atoms with Crippen molar-refractivity contribution in [1.29, 1.82) is 0 Å². The SMILES string of the molecule is CC(S)C(=O)OC1CCN(C)CC1. The molecule has 0 aromatic heterocycles. The van der Waals surface area contributed by atoms with Crippen molar-refractivity contribution >= 4 is 18.6 Å². The summed E-state index contributed by atoms with van der Waals surface area (Å²) in [7, 11) is 2.08. The first-order valence-corrected chi connectivity index (χ1v) is 5.18. The Hall–Kier alpha value is -0.220. The van der Waals surface area contributed by atoms with Crippen molar-refractivity contribution in [3.63, 3.8) is 0 Å². The van der Waals surface area contributed by atoms with Gasteiger partial charge >= 0.3 is 5.97 Å². The number of hydrogen-bond donors (Lipinski definition) is 1. The molecule has 1 aliphatic heterocycles. The Balaban J connectivity index is 2.26. The van der Waals surface area contributed by atoms with Crippen LogP contribution in [0.5, 0.6) is 0 Å². The van der Waals surface area contributed by atoms with Gasteiger partial charge in [-0.05, 0) is 26.8 Å². The van der Waals surface area contributed by atoms with Crippen molar-refractivity contribution in [2.45, 2.75) is 31.1 Å². The van der Waals surface area contributed by atoms with Crippen LogP contribution in [0.2, 0.25) is 0 Å². The lowest BCUT2D eigenvalue weighted by Crippen LogP contribution is -2.36. The van der Waals surface area contributed by atoms with Gasteiger partial charge in [0, 0.05) is 13.1 Å². The van der Waals surface area contributed by atoms with Gasteiger partial charge in [-0.3, -0.25) is 4.79 Å². The number of carbonyl (C=O) groups excluding carboxylic acids is 1. The molecular formula is C9H17NO2S. The zero-order valence-corrected chi connectivity index (χ0v) is 9.09. The second kappa shape index (κ2) is 4.86. The fraction of sp³-hybridized carbons (Fsp3) is 0.889. The van der Waals surface area contributed by atoms with Gasteiger partial charge in [-0.1, -0.05) is 0 Å². The number of nitrogens with zero attached hydrogens (tertiary/aromatic N) is 1. The molecule has 0 bridgehead atoms. The Morgan fingerprint density at radius 2 is 2.08 bits per heavy atom. The van der Waals surface area contributed by atoms with Crippen molar-refractivity contribution in [2.24, 2.45) is 0 Å². The Bertz CT molecular complexity index is 176. The summed E-state index contributed by atoms with van der Waals surface area (Å²) in [5, 5.41) is -0.306. The Morgan fingerprint density at radius 1 is 1.54 bits per heavy atom. The Morgan fingerprint density at radius 3 is 2.54 bits per heavy atom. The van der Waals surface area contributed by atoms with Crippen LogP contribution < -0.4 is 0 Å². The summed E-state index contributed by atoms with van der Waals surface area (Å²) in [5.41, 5.74) is 0. The summed E-state index contributed by atoms with van der Waals surface area (Å²) < 4.78 is 5.26. The third-order valence-electron chi connectivity index (χ3n) is 2.29. The van der Waals surface area contributed by atoms with E-state index in [1.54, 1.807) is 6.92 Å². The maximum absolute atomic E-state index is 11.2. The van der Waals surface area contributed by atoms with Gasteiger partial charge < -0.3 is 9.64 Å². The zero-order valence-electron chi connectivity index (χ0n) is 8.19. The highest BCUT2D eigenvalue weighted by Crippen LogP contribution is 2.13. The average molecular weight is 203 g/mol. The van der Waals surface area contributed by atoms with E-state index >= 15 is 0 Å². The predicted molar refractivity (Wildman–Crippen MR) is 55.1 cm³/mol. The standard InChI is InChI=1S/C9H17NO2S/c1-7(13)9(11)12-8-3-5-10(2)6-4-8/h7-8,13H,3-6H2,1-2H3. The van der Waals surface area contributed by atoms with Gasteiger partial charge in [-0.15, -0.1) is 0 Å². The second-order valence-corrected chi connectivity index (χ2v) is 4.39. The molecule has 0 aromatic carbocycles. The molecule has 1 aliphatic rings. The highest BCUT2D eigenvalue weighted by atomic mass is 32.1. The molecule has 1 unspecified atom stereocenters. The number of rotatable bonds is 2. The van der Waals surface area contributed by atoms with E-state index < -0.39 is 0 Å². The van der Waals surface area contributed by atoms with Gasteiger partial charge in [-0.2, -0.15) is 12.6 Å². The molecule has 1 rings (SSSR count). The molecular weight excluding hydrogens is 186 g/mol. The number of thiol groups is 1. The van der Waals surface area contributed by atoms with Crippen LogP contribution in [0, 0.1) is 0 Å². The Kier molecular flexibility index (Phi) is 4.06. The van der Waals surface area contributed by atoms with E-state index in [-0.39, 0.29) is 17.3 Å². The molecule has 0 N–H and O–H groups in total. The van der Waals surface area contributed by atoms with Crippen molar-refractivity contribution in [3.8, 4) is 0 Å². The largest absolute Gasteiger partial charge is 0.461 e. The van der Waals surface area contributed by atoms with E-state index in [9.17, 15) is 4.79 Å². The third-order valence-corrected chi connectivity index (χ3v) is 2.50. The molecule has 3 nitrogen and oxygen atoms in total. The molecule has 1 saturated heterocycles. The number of piperidine rings is 1. The van der Waals surface area contributed by atoms with Crippen LogP contribution in [0.3, 0.4) is 0 Å². The number of hydrogen-bond acceptors (Lipinski definition) is 4. The van der Waals surface area contributed by atoms with Gasteiger partial charge in [0.1, 0.15) is 6.10 Å². The summed E-state index contributed by atoms with van der Waals surface area (Å²) in [6.07, 6.45) is 2.00. The fourth-order valence-corrected chi connectivity index (χ4v) is 1.43. The van der Waals surface area contributed by atoms with Gasteiger partial charge in [0.25, 0.3) is 0 Å². The monoisotopic (exact) mass is 203 g/mol. The maximum Gasteiger partial charge on any atom is 0.318 e. The van der Waals surface area contributed by atoms with Crippen LogP contribution >= 0.6 is 12.6 Å². The number of carbonyl (C=O) groups is 1. The number of likely N-dealkylation sites (tertiary alicyclic amines) is 1. The summed E-state index contributed by atoms with van der Waals surface area (Å²) in [6, 6.07) is 0. The fourth-order valence-electron chi connectivity index (χ4n) is 1.37. The number of ether oxygens (including phenoxy) is 1. The lowest BCUT2D eigenvalue weighted by molar-refractivity contribution is -0.150. The van der Waals surface area contributed by atoms with Crippen LogP contribution in [-0.4, -0.2) is 42.4 Å². The maximum atomic E-state index is 11.2. The normalized spacial score (nSPS) is 22.7. The molecule has 4 heteroatoms. The minimum Gasteiger partial charge on any atom is -0.461 e. The summed E-state index contributed by atoms with van der Waals surface area (Å²) in [4.78, 5) is 13.4. The Labute approximate surface area is 84.8 Å². The van der Waals surface area contributed by atoms with Crippen molar-refractivity contribution in [1.82, 2.24) is 4.90 Å². The van der Waals surface area contributed by atoms with Gasteiger partial charge in [0.2, 0.25) is 0 Å². The summed E-state index contributed by atoms with van der Waals surface area (Å²) >= 11 is 4.03. The van der Waals surface area contributed by atoms with Crippen molar-refractivity contribution in [3.05, 3.63) is 0 Å². The van der Waals surface area contributed by atoms with E-state index in [2.05, 4.69) is 24.6 Å². The van der Waals surface area contributed by atoms with Crippen molar-refractivity contribution < 1.29 is 9.53 Å². The molecule has 0 radical (unpaired) electrons. The van der Waals surface area contributed by atoms with Crippen LogP contribution in [-0.2, 0) is 9.53 Å². The molecule has 0 saturated carbocycles. The first-order valence-electron chi connectivity index (χ1n) is 4.66. The second-order valence-electron chi connectivity index (χ2n) is 3.62. The molecule has 76 valence electrons. The minimum absolute atomic E-state index is 0.110. The lowest BCUT2D eigenvalue weighted by Gasteiger charge is -2.28. The summed E-state index contributed by atoms with van der Waals surface area (Å²) in [5.74, 6) is -0.196.